The summed E-state index contributed by atoms with van der Waals surface area (Å²) in [6.07, 6.45) is 0. The normalized spacial score (nSPS) is 15.0. The molecule has 0 fully saturated rings. The highest BCUT2D eigenvalue weighted by atomic mass is 79.9. The second kappa shape index (κ2) is 9.31. The molecule has 3 aromatic carbocycles. The molecule has 0 radical (unpaired) electrons. The van der Waals surface area contributed by atoms with E-state index in [2.05, 4.69) is 57.3 Å². The molecule has 0 saturated heterocycles. The van der Waals surface area contributed by atoms with Gasteiger partial charge in [0.2, 0.25) is 10.9 Å². The minimum Gasteiger partial charge on any atom is -0.450 e. The van der Waals surface area contributed by atoms with Crippen molar-refractivity contribution < 1.29 is 9.21 Å². The van der Waals surface area contributed by atoms with Crippen LogP contribution in [-0.2, 0) is 5.75 Å². The molecule has 2 aromatic heterocycles. The van der Waals surface area contributed by atoms with Gasteiger partial charge in [-0.1, -0.05) is 93.1 Å². The van der Waals surface area contributed by atoms with Crippen LogP contribution in [0.4, 0.5) is 5.13 Å². The summed E-state index contributed by atoms with van der Waals surface area (Å²) < 4.78 is 7.64. The number of aryl methyl sites for hydroxylation is 1. The lowest BCUT2D eigenvalue weighted by Crippen LogP contribution is -2.29. The van der Waals surface area contributed by atoms with Crippen molar-refractivity contribution in [1.29, 1.82) is 0 Å². The van der Waals surface area contributed by atoms with Crippen molar-refractivity contribution in [3.8, 4) is 0 Å². The first kappa shape index (κ1) is 23.1. The number of thioether (sulfide) groups is 1. The molecular weight excluding hydrogens is 558 g/mol. The van der Waals surface area contributed by atoms with Crippen molar-refractivity contribution in [2.24, 2.45) is 0 Å². The lowest BCUT2D eigenvalue weighted by molar-refractivity contribution is 0.0970. The van der Waals surface area contributed by atoms with Crippen molar-refractivity contribution in [3.05, 3.63) is 116 Å². The predicted molar refractivity (Wildman–Crippen MR) is 146 cm³/mol. The van der Waals surface area contributed by atoms with Crippen LogP contribution >= 0.6 is 39.0 Å². The highest BCUT2D eigenvalue weighted by Gasteiger charge is 2.45. The summed E-state index contributed by atoms with van der Waals surface area (Å²) in [4.78, 5) is 28.8. The summed E-state index contributed by atoms with van der Waals surface area (Å²) in [5, 5.41) is 9.55. The number of halogens is 1. The van der Waals surface area contributed by atoms with E-state index in [0.29, 0.717) is 21.7 Å². The second-order valence-corrected chi connectivity index (χ2v) is 11.5. The molecule has 6 rings (SSSR count). The number of anilines is 1. The standard InChI is InChI=1S/C27H18BrN3O3S2/c1-15-6-8-16(9-7-15)14-35-27-30-29-26(36-27)31-22(17-10-12-18(28)13-11-17)21-23(32)19-4-2-3-5-20(19)34-24(21)25(31)33/h2-13,22H,14H2,1H3/t22-/m0/s1. The molecule has 5 aromatic rings. The molecule has 9 heteroatoms. The van der Waals surface area contributed by atoms with Gasteiger partial charge in [-0.25, -0.2) is 0 Å². The monoisotopic (exact) mass is 575 g/mol. The minimum atomic E-state index is -0.663. The molecule has 0 bridgehead atoms. The van der Waals surface area contributed by atoms with Crippen molar-refractivity contribution in [2.75, 3.05) is 4.90 Å². The number of benzene rings is 3. The van der Waals surface area contributed by atoms with E-state index >= 15 is 0 Å². The summed E-state index contributed by atoms with van der Waals surface area (Å²) in [6, 6.07) is 22.3. The van der Waals surface area contributed by atoms with Gasteiger partial charge >= 0.3 is 0 Å². The van der Waals surface area contributed by atoms with E-state index in [0.717, 1.165) is 20.1 Å². The average Bonchev–Trinajstić information content (AvgIpc) is 3.47. The predicted octanol–water partition coefficient (Wildman–Crippen LogP) is 6.76. The number of carbonyl (C=O) groups excluding carboxylic acids is 1. The Hall–Kier alpha value is -3.27. The Bertz CT molecular complexity index is 1660. The molecule has 0 spiro atoms. The third kappa shape index (κ3) is 4.07. The van der Waals surface area contributed by atoms with E-state index in [1.807, 2.05) is 24.3 Å². The van der Waals surface area contributed by atoms with Crippen molar-refractivity contribution in [3.63, 3.8) is 0 Å². The van der Waals surface area contributed by atoms with Crippen LogP contribution < -0.4 is 10.3 Å². The smallest absolute Gasteiger partial charge is 0.297 e. The van der Waals surface area contributed by atoms with E-state index in [4.69, 9.17) is 4.42 Å². The zero-order chi connectivity index (χ0) is 24.8. The molecule has 1 aliphatic heterocycles. The summed E-state index contributed by atoms with van der Waals surface area (Å²) in [5.74, 6) is 0.396. The maximum absolute atomic E-state index is 13.7. The van der Waals surface area contributed by atoms with Crippen molar-refractivity contribution in [2.45, 2.75) is 23.1 Å². The lowest BCUT2D eigenvalue weighted by atomic mass is 9.99. The fourth-order valence-electron chi connectivity index (χ4n) is 4.27. The number of hydrogen-bond donors (Lipinski definition) is 0. The number of fused-ring (bicyclic) bond motifs is 2. The Morgan fingerprint density at radius 2 is 1.75 bits per heavy atom. The zero-order valence-corrected chi connectivity index (χ0v) is 22.2. The largest absolute Gasteiger partial charge is 0.450 e. The first-order chi connectivity index (χ1) is 17.5. The van der Waals surface area contributed by atoms with Crippen LogP contribution in [0.25, 0.3) is 11.0 Å². The van der Waals surface area contributed by atoms with Crippen LogP contribution in [0.2, 0.25) is 0 Å². The molecule has 0 aliphatic carbocycles. The van der Waals surface area contributed by atoms with Gasteiger partial charge in [0.1, 0.15) is 5.58 Å². The van der Waals surface area contributed by atoms with Crippen LogP contribution in [0.15, 0.2) is 90.8 Å². The van der Waals surface area contributed by atoms with Gasteiger partial charge in [0.15, 0.2) is 9.77 Å². The van der Waals surface area contributed by atoms with Gasteiger partial charge in [0.05, 0.1) is 17.0 Å². The van der Waals surface area contributed by atoms with E-state index < -0.39 is 11.9 Å². The first-order valence-electron chi connectivity index (χ1n) is 11.2. The minimum absolute atomic E-state index is 0.0516. The maximum Gasteiger partial charge on any atom is 0.297 e. The van der Waals surface area contributed by atoms with Crippen LogP contribution in [0, 0.1) is 6.92 Å². The Labute approximate surface area is 223 Å². The Balaban J connectivity index is 1.41. The van der Waals surface area contributed by atoms with Gasteiger partial charge in [-0.2, -0.15) is 0 Å². The Morgan fingerprint density at radius 3 is 2.53 bits per heavy atom. The van der Waals surface area contributed by atoms with Gasteiger partial charge < -0.3 is 4.42 Å². The molecule has 6 nitrogen and oxygen atoms in total. The fraction of sp³-hybridized carbons (Fsp3) is 0.111. The maximum atomic E-state index is 13.7. The number of aromatic nitrogens is 2. The average molecular weight is 576 g/mol. The molecule has 1 atom stereocenters. The Kier molecular flexibility index (Phi) is 5.99. The third-order valence-electron chi connectivity index (χ3n) is 6.05. The summed E-state index contributed by atoms with van der Waals surface area (Å²) in [5.41, 5.74) is 3.68. The molecule has 0 saturated carbocycles. The van der Waals surface area contributed by atoms with E-state index in [1.54, 1.807) is 36.0 Å². The number of carbonyl (C=O) groups is 1. The quantitative estimate of drug-likeness (QED) is 0.170. The van der Waals surface area contributed by atoms with E-state index in [1.165, 1.54) is 27.4 Å². The molecular formula is C27H18BrN3O3S2. The van der Waals surface area contributed by atoms with Crippen LogP contribution in [-0.4, -0.2) is 16.1 Å². The summed E-state index contributed by atoms with van der Waals surface area (Å²) in [7, 11) is 0. The number of amides is 1. The topological polar surface area (TPSA) is 76.3 Å². The van der Waals surface area contributed by atoms with E-state index in [9.17, 15) is 9.59 Å². The first-order valence-corrected chi connectivity index (χ1v) is 13.8. The molecule has 36 heavy (non-hydrogen) atoms. The van der Waals surface area contributed by atoms with Gasteiger partial charge in [-0.15, -0.1) is 10.2 Å². The molecule has 0 N–H and O–H groups in total. The van der Waals surface area contributed by atoms with Crippen LogP contribution in [0.5, 0.6) is 0 Å². The van der Waals surface area contributed by atoms with Gasteiger partial charge in [-0.05, 0) is 42.3 Å². The molecule has 3 heterocycles. The molecule has 178 valence electrons. The van der Waals surface area contributed by atoms with Crippen molar-refractivity contribution >= 4 is 61.0 Å². The van der Waals surface area contributed by atoms with Gasteiger partial charge in [-0.3, -0.25) is 14.5 Å². The van der Waals surface area contributed by atoms with Gasteiger partial charge in [0, 0.05) is 10.2 Å². The fourth-order valence-corrected chi connectivity index (χ4v) is 6.35. The zero-order valence-electron chi connectivity index (χ0n) is 19.0. The van der Waals surface area contributed by atoms with Crippen LogP contribution in [0.1, 0.15) is 38.9 Å². The van der Waals surface area contributed by atoms with Crippen molar-refractivity contribution in [1.82, 2.24) is 10.2 Å². The molecule has 1 aliphatic rings. The molecule has 0 unspecified atom stereocenters. The summed E-state index contributed by atoms with van der Waals surface area (Å²) >= 11 is 6.36. The number of hydrogen-bond acceptors (Lipinski definition) is 7. The third-order valence-corrected chi connectivity index (χ3v) is 8.70. The lowest BCUT2D eigenvalue weighted by Gasteiger charge is -2.22. The number of para-hydroxylation sites is 1. The van der Waals surface area contributed by atoms with Gasteiger partial charge in [0.25, 0.3) is 5.91 Å². The van der Waals surface area contributed by atoms with Crippen LogP contribution in [0.3, 0.4) is 0 Å². The van der Waals surface area contributed by atoms with E-state index in [-0.39, 0.29) is 11.2 Å². The SMILES string of the molecule is Cc1ccc(CSc2nnc(N3C(=O)c4oc5ccccc5c(=O)c4[C@@H]3c3ccc(Br)cc3)s2)cc1. The highest BCUT2D eigenvalue weighted by Crippen LogP contribution is 2.43. The molecule has 1 amide bonds. The highest BCUT2D eigenvalue weighted by molar-refractivity contribution is 9.10. The number of rotatable bonds is 5. The summed E-state index contributed by atoms with van der Waals surface area (Å²) in [6.45, 7) is 2.06. The second-order valence-electron chi connectivity index (χ2n) is 8.42. The number of nitrogens with zero attached hydrogens (tertiary/aromatic N) is 3. The Morgan fingerprint density at radius 1 is 1.00 bits per heavy atom.